The first-order valence-corrected chi connectivity index (χ1v) is 6.59. The van der Waals surface area contributed by atoms with Gasteiger partial charge in [0.05, 0.1) is 17.4 Å². The number of aromatic nitrogens is 2. The van der Waals surface area contributed by atoms with Crippen LogP contribution in [0.4, 0.5) is 0 Å². The van der Waals surface area contributed by atoms with Crippen molar-refractivity contribution in [1.29, 1.82) is 0 Å². The van der Waals surface area contributed by atoms with Crippen LogP contribution in [0.2, 0.25) is 0 Å². The number of hydrogen-bond donors (Lipinski definition) is 2. The minimum absolute atomic E-state index is 0.234. The molecule has 0 amide bonds. The van der Waals surface area contributed by atoms with Gasteiger partial charge in [0.25, 0.3) is 0 Å². The maximum atomic E-state index is 6.41. The Kier molecular flexibility index (Phi) is 2.71. The molecule has 0 bridgehead atoms. The molecule has 1 aliphatic rings. The van der Waals surface area contributed by atoms with Gasteiger partial charge in [-0.2, -0.15) is 0 Å². The van der Waals surface area contributed by atoms with E-state index in [1.54, 1.807) is 0 Å². The normalized spacial score (nSPS) is 18.1. The number of H-pyrrole nitrogens is 1. The maximum Gasteiger partial charge on any atom is 0.126 e. The second kappa shape index (κ2) is 4.25. The minimum atomic E-state index is -0.234. The molecule has 0 unspecified atom stereocenters. The first kappa shape index (κ1) is 11.5. The average Bonchev–Trinajstić information content (AvgIpc) is 2.98. The number of aryl methyl sites for hydroxylation is 1. The zero-order valence-electron chi connectivity index (χ0n) is 10.7. The van der Waals surface area contributed by atoms with Crippen LogP contribution in [0.5, 0.6) is 0 Å². The number of rotatable bonds is 2. The number of benzene rings is 1. The zero-order chi connectivity index (χ0) is 12.6. The molecule has 0 aliphatic heterocycles. The molecule has 0 spiro atoms. The fourth-order valence-electron chi connectivity index (χ4n) is 2.78. The molecule has 1 fully saturated rings. The van der Waals surface area contributed by atoms with Crippen molar-refractivity contribution in [3.63, 3.8) is 0 Å². The molecular weight excluding hydrogens is 222 g/mol. The van der Waals surface area contributed by atoms with Gasteiger partial charge in [-0.25, -0.2) is 4.98 Å². The molecule has 3 nitrogen and oxygen atoms in total. The second-order valence-electron chi connectivity index (χ2n) is 5.38. The summed E-state index contributed by atoms with van der Waals surface area (Å²) in [6.07, 6.45) is 6.38. The van der Waals surface area contributed by atoms with E-state index in [-0.39, 0.29) is 5.54 Å². The quantitative estimate of drug-likeness (QED) is 0.848. The smallest absolute Gasteiger partial charge is 0.126 e. The summed E-state index contributed by atoms with van der Waals surface area (Å²) in [6, 6.07) is 8.43. The Morgan fingerprint density at radius 2 is 2.06 bits per heavy atom. The van der Waals surface area contributed by atoms with E-state index in [0.717, 1.165) is 24.4 Å². The predicted molar refractivity (Wildman–Crippen MR) is 73.1 cm³/mol. The molecule has 2 aromatic rings. The number of nitrogens with zero attached hydrogens (tertiary/aromatic N) is 1. The lowest BCUT2D eigenvalue weighted by atomic mass is 9.98. The Labute approximate surface area is 107 Å². The lowest BCUT2D eigenvalue weighted by Gasteiger charge is -2.20. The van der Waals surface area contributed by atoms with Crippen molar-refractivity contribution in [1.82, 2.24) is 9.97 Å². The topological polar surface area (TPSA) is 54.7 Å². The highest BCUT2D eigenvalue weighted by Crippen LogP contribution is 2.35. The molecule has 18 heavy (non-hydrogen) atoms. The van der Waals surface area contributed by atoms with Crippen molar-refractivity contribution < 1.29 is 0 Å². The van der Waals surface area contributed by atoms with Crippen LogP contribution >= 0.6 is 0 Å². The molecule has 94 valence electrons. The molecule has 1 saturated carbocycles. The molecule has 1 heterocycles. The van der Waals surface area contributed by atoms with Gasteiger partial charge in [0, 0.05) is 0 Å². The van der Waals surface area contributed by atoms with Crippen LogP contribution in [-0.4, -0.2) is 9.97 Å². The average molecular weight is 241 g/mol. The molecule has 1 aliphatic carbocycles. The Morgan fingerprint density at radius 1 is 1.28 bits per heavy atom. The molecule has 1 aromatic heterocycles. The van der Waals surface area contributed by atoms with Crippen LogP contribution in [0.25, 0.3) is 11.3 Å². The molecule has 0 saturated heterocycles. The number of hydrogen-bond acceptors (Lipinski definition) is 2. The fourth-order valence-corrected chi connectivity index (χ4v) is 2.78. The van der Waals surface area contributed by atoms with E-state index in [1.807, 2.05) is 6.20 Å². The van der Waals surface area contributed by atoms with Crippen molar-refractivity contribution in [2.45, 2.75) is 38.1 Å². The van der Waals surface area contributed by atoms with Gasteiger partial charge in [0.1, 0.15) is 5.82 Å². The maximum absolute atomic E-state index is 6.41. The van der Waals surface area contributed by atoms with Gasteiger partial charge in [0.2, 0.25) is 0 Å². The van der Waals surface area contributed by atoms with E-state index in [1.165, 1.54) is 24.0 Å². The first-order valence-electron chi connectivity index (χ1n) is 6.59. The number of aromatic amines is 1. The lowest BCUT2D eigenvalue weighted by molar-refractivity contribution is 0.436. The Bertz CT molecular complexity index is 550. The highest BCUT2D eigenvalue weighted by molar-refractivity contribution is 5.59. The Hall–Kier alpha value is -1.61. The van der Waals surface area contributed by atoms with Gasteiger partial charge in [-0.15, -0.1) is 0 Å². The standard InChI is InChI=1S/C15H19N3/c1-11-5-4-6-12(9-11)13-10-17-14(18-13)15(16)7-2-3-8-15/h4-6,9-10H,2-3,7-8,16H2,1H3,(H,17,18). The zero-order valence-corrected chi connectivity index (χ0v) is 10.7. The fraction of sp³-hybridized carbons (Fsp3) is 0.400. The highest BCUT2D eigenvalue weighted by Gasteiger charge is 2.33. The van der Waals surface area contributed by atoms with E-state index in [2.05, 4.69) is 41.2 Å². The van der Waals surface area contributed by atoms with Crippen LogP contribution in [0, 0.1) is 6.92 Å². The van der Waals surface area contributed by atoms with Gasteiger partial charge in [-0.3, -0.25) is 0 Å². The molecule has 3 N–H and O–H groups in total. The molecule has 0 atom stereocenters. The summed E-state index contributed by atoms with van der Waals surface area (Å²) in [5.74, 6) is 0.941. The molecule has 3 rings (SSSR count). The second-order valence-corrected chi connectivity index (χ2v) is 5.38. The van der Waals surface area contributed by atoms with Gasteiger partial charge in [0.15, 0.2) is 0 Å². The van der Waals surface area contributed by atoms with E-state index in [9.17, 15) is 0 Å². The van der Waals surface area contributed by atoms with Crippen molar-refractivity contribution in [2.75, 3.05) is 0 Å². The molecular formula is C15H19N3. The summed E-state index contributed by atoms with van der Waals surface area (Å²) in [6.45, 7) is 2.10. The third-order valence-electron chi connectivity index (χ3n) is 3.87. The molecule has 3 heteroatoms. The van der Waals surface area contributed by atoms with E-state index < -0.39 is 0 Å². The first-order chi connectivity index (χ1) is 8.67. The van der Waals surface area contributed by atoms with Gasteiger partial charge >= 0.3 is 0 Å². The van der Waals surface area contributed by atoms with Gasteiger partial charge in [-0.1, -0.05) is 36.6 Å². The van der Waals surface area contributed by atoms with E-state index in [4.69, 9.17) is 5.73 Å². The summed E-state index contributed by atoms with van der Waals surface area (Å²) >= 11 is 0. The van der Waals surface area contributed by atoms with E-state index >= 15 is 0 Å². The summed E-state index contributed by atoms with van der Waals surface area (Å²) in [4.78, 5) is 7.90. The van der Waals surface area contributed by atoms with E-state index in [0.29, 0.717) is 0 Å². The summed E-state index contributed by atoms with van der Waals surface area (Å²) in [7, 11) is 0. The van der Waals surface area contributed by atoms with Crippen LogP contribution in [0.15, 0.2) is 30.5 Å². The summed E-state index contributed by atoms with van der Waals surface area (Å²) < 4.78 is 0. The SMILES string of the molecule is Cc1cccc(-c2cnc(C3(N)CCCC3)[nH]2)c1. The van der Waals surface area contributed by atoms with Crippen molar-refractivity contribution in [3.05, 3.63) is 41.9 Å². The number of imidazole rings is 1. The number of nitrogens with two attached hydrogens (primary N) is 1. The van der Waals surface area contributed by atoms with Crippen molar-refractivity contribution in [2.24, 2.45) is 5.73 Å². The number of nitrogens with one attached hydrogen (secondary N) is 1. The molecule has 1 aromatic carbocycles. The Morgan fingerprint density at radius 3 is 2.78 bits per heavy atom. The van der Waals surface area contributed by atoms with Crippen LogP contribution in [0.1, 0.15) is 37.1 Å². The highest BCUT2D eigenvalue weighted by atomic mass is 15.0. The summed E-state index contributed by atoms with van der Waals surface area (Å²) in [5.41, 5.74) is 9.67. The summed E-state index contributed by atoms with van der Waals surface area (Å²) in [5, 5.41) is 0. The van der Waals surface area contributed by atoms with Gasteiger partial charge < -0.3 is 10.7 Å². The monoisotopic (exact) mass is 241 g/mol. The third kappa shape index (κ3) is 1.95. The predicted octanol–water partition coefficient (Wildman–Crippen LogP) is 3.11. The third-order valence-corrected chi connectivity index (χ3v) is 3.87. The van der Waals surface area contributed by atoms with Gasteiger partial charge in [-0.05, 0) is 31.4 Å². The van der Waals surface area contributed by atoms with Crippen molar-refractivity contribution >= 4 is 0 Å². The minimum Gasteiger partial charge on any atom is -0.340 e. The lowest BCUT2D eigenvalue weighted by Crippen LogP contribution is -2.34. The largest absolute Gasteiger partial charge is 0.340 e. The van der Waals surface area contributed by atoms with Crippen LogP contribution < -0.4 is 5.73 Å². The van der Waals surface area contributed by atoms with Crippen LogP contribution in [0.3, 0.4) is 0 Å². The molecule has 0 radical (unpaired) electrons. The Balaban J connectivity index is 1.94. The van der Waals surface area contributed by atoms with Crippen LogP contribution in [-0.2, 0) is 5.54 Å². The van der Waals surface area contributed by atoms with Crippen molar-refractivity contribution in [3.8, 4) is 11.3 Å².